The summed E-state index contributed by atoms with van der Waals surface area (Å²) in [6.45, 7) is 3.83. The number of carbonyl (C=O) groups is 2. The minimum absolute atomic E-state index is 0.0736. The van der Waals surface area contributed by atoms with Crippen molar-refractivity contribution in [3.63, 3.8) is 0 Å². The summed E-state index contributed by atoms with van der Waals surface area (Å²) in [5, 5.41) is 11.6. The van der Waals surface area contributed by atoms with Gasteiger partial charge in [0.15, 0.2) is 0 Å². The lowest BCUT2D eigenvalue weighted by molar-refractivity contribution is -0.140. The minimum Gasteiger partial charge on any atom is -0.507 e. The van der Waals surface area contributed by atoms with Crippen LogP contribution in [0.15, 0.2) is 54.1 Å². The van der Waals surface area contributed by atoms with E-state index in [1.54, 1.807) is 55.6 Å². The number of amides is 1. The molecule has 0 bridgehead atoms. The molecule has 1 N–H and O–H groups in total. The highest BCUT2D eigenvalue weighted by atomic mass is 35.5. The third-order valence-corrected chi connectivity index (χ3v) is 6.10. The Balaban J connectivity index is 1.71. The monoisotopic (exact) mass is 456 g/mol. The fraction of sp³-hybridized carbons (Fsp3) is 0.333. The van der Waals surface area contributed by atoms with E-state index < -0.39 is 17.7 Å². The summed E-state index contributed by atoms with van der Waals surface area (Å²) in [5.41, 5.74) is 1.23. The molecule has 4 rings (SSSR count). The van der Waals surface area contributed by atoms with Crippen molar-refractivity contribution in [2.24, 2.45) is 0 Å². The number of likely N-dealkylation sites (tertiary alicyclic amines) is 1. The van der Waals surface area contributed by atoms with Crippen LogP contribution in [-0.4, -0.2) is 73.1 Å². The summed E-state index contributed by atoms with van der Waals surface area (Å²) < 4.78 is 10.6. The maximum absolute atomic E-state index is 13.1. The van der Waals surface area contributed by atoms with Gasteiger partial charge in [-0.15, -0.1) is 0 Å². The van der Waals surface area contributed by atoms with E-state index in [-0.39, 0.29) is 11.3 Å². The predicted octanol–water partition coefficient (Wildman–Crippen LogP) is 3.10. The van der Waals surface area contributed by atoms with Crippen molar-refractivity contribution in [1.29, 1.82) is 0 Å². The molecule has 7 nitrogen and oxygen atoms in total. The summed E-state index contributed by atoms with van der Waals surface area (Å²) in [6.07, 6.45) is 0. The average molecular weight is 457 g/mol. The predicted molar refractivity (Wildman–Crippen MR) is 121 cm³/mol. The normalized spacial score (nSPS) is 21.2. The number of rotatable bonds is 6. The van der Waals surface area contributed by atoms with Crippen LogP contribution < -0.4 is 4.74 Å². The molecular formula is C24H25ClN2O5. The molecule has 0 aromatic heterocycles. The average Bonchev–Trinajstić information content (AvgIpc) is 3.08. The van der Waals surface area contributed by atoms with Crippen molar-refractivity contribution in [3.05, 3.63) is 70.3 Å². The van der Waals surface area contributed by atoms with Crippen molar-refractivity contribution < 1.29 is 24.2 Å². The lowest BCUT2D eigenvalue weighted by atomic mass is 9.95. The molecule has 2 aromatic carbocycles. The molecule has 2 fully saturated rings. The third-order valence-electron chi connectivity index (χ3n) is 5.85. The molecule has 168 valence electrons. The number of aliphatic hydroxyl groups is 1. The number of methoxy groups -OCH3 is 1. The number of morpholine rings is 1. The zero-order valence-electron chi connectivity index (χ0n) is 17.8. The van der Waals surface area contributed by atoms with Gasteiger partial charge in [0, 0.05) is 36.8 Å². The number of hydrogen-bond donors (Lipinski definition) is 1. The third kappa shape index (κ3) is 4.50. The number of nitrogens with zero attached hydrogens (tertiary/aromatic N) is 2. The molecule has 0 unspecified atom stereocenters. The van der Waals surface area contributed by atoms with Crippen LogP contribution in [0.5, 0.6) is 5.75 Å². The molecule has 0 saturated carbocycles. The van der Waals surface area contributed by atoms with Crippen LogP contribution in [0.3, 0.4) is 0 Å². The second-order valence-corrected chi connectivity index (χ2v) is 8.16. The Morgan fingerprint density at radius 2 is 1.72 bits per heavy atom. The zero-order valence-corrected chi connectivity index (χ0v) is 18.5. The molecule has 2 saturated heterocycles. The Morgan fingerprint density at radius 3 is 2.34 bits per heavy atom. The number of Topliss-reactive ketones (excluding diaryl/α,β-unsaturated/α-hetero) is 1. The Hall–Kier alpha value is -2.87. The molecule has 2 aromatic rings. The SMILES string of the molecule is COc1ccc(/C(O)=C2\C(=O)C(=O)N(CCN3CCOCC3)[C@@H]2c2ccc(Cl)cc2)cc1. The molecule has 2 aliphatic heterocycles. The first-order chi connectivity index (χ1) is 15.5. The summed E-state index contributed by atoms with van der Waals surface area (Å²) in [6, 6.07) is 13.0. The van der Waals surface area contributed by atoms with E-state index >= 15 is 0 Å². The van der Waals surface area contributed by atoms with Crippen molar-refractivity contribution in [2.45, 2.75) is 6.04 Å². The Bertz CT molecular complexity index is 1010. The molecule has 0 spiro atoms. The summed E-state index contributed by atoms with van der Waals surface area (Å²) in [4.78, 5) is 29.8. The molecule has 2 aliphatic rings. The fourth-order valence-corrected chi connectivity index (χ4v) is 4.21. The van der Waals surface area contributed by atoms with Gasteiger partial charge >= 0.3 is 0 Å². The van der Waals surface area contributed by atoms with Crippen molar-refractivity contribution in [3.8, 4) is 5.75 Å². The van der Waals surface area contributed by atoms with E-state index in [0.717, 1.165) is 13.1 Å². The van der Waals surface area contributed by atoms with Gasteiger partial charge in [0.1, 0.15) is 11.5 Å². The Labute approximate surface area is 191 Å². The van der Waals surface area contributed by atoms with Crippen LogP contribution in [0.1, 0.15) is 17.2 Å². The van der Waals surface area contributed by atoms with Crippen molar-refractivity contribution in [1.82, 2.24) is 9.80 Å². The smallest absolute Gasteiger partial charge is 0.295 e. The van der Waals surface area contributed by atoms with Gasteiger partial charge in [-0.05, 0) is 42.0 Å². The van der Waals surface area contributed by atoms with Crippen LogP contribution in [0.2, 0.25) is 5.02 Å². The molecule has 32 heavy (non-hydrogen) atoms. The highest BCUT2D eigenvalue weighted by Crippen LogP contribution is 2.39. The van der Waals surface area contributed by atoms with E-state index in [4.69, 9.17) is 21.1 Å². The van der Waals surface area contributed by atoms with Crippen LogP contribution in [0.25, 0.3) is 5.76 Å². The Morgan fingerprint density at radius 1 is 1.06 bits per heavy atom. The Kier molecular flexibility index (Phi) is 6.79. The van der Waals surface area contributed by atoms with Crippen LogP contribution in [-0.2, 0) is 14.3 Å². The second-order valence-electron chi connectivity index (χ2n) is 7.73. The second kappa shape index (κ2) is 9.73. The first kappa shape index (κ1) is 22.3. The lowest BCUT2D eigenvalue weighted by Crippen LogP contribution is -2.42. The van der Waals surface area contributed by atoms with Gasteiger partial charge in [-0.25, -0.2) is 0 Å². The number of halogens is 1. The van der Waals surface area contributed by atoms with Gasteiger partial charge in [0.05, 0.1) is 31.9 Å². The fourth-order valence-electron chi connectivity index (χ4n) is 4.08. The molecule has 8 heteroatoms. The summed E-state index contributed by atoms with van der Waals surface area (Å²) in [7, 11) is 1.55. The quantitative estimate of drug-likeness (QED) is 0.409. The zero-order chi connectivity index (χ0) is 22.7. The maximum Gasteiger partial charge on any atom is 0.295 e. The van der Waals surface area contributed by atoms with Gasteiger partial charge in [0.25, 0.3) is 11.7 Å². The number of ether oxygens (including phenoxy) is 2. The molecule has 0 aliphatic carbocycles. The number of benzene rings is 2. The topological polar surface area (TPSA) is 79.3 Å². The number of ketones is 1. The van der Waals surface area contributed by atoms with Gasteiger partial charge in [-0.3, -0.25) is 14.5 Å². The van der Waals surface area contributed by atoms with E-state index in [2.05, 4.69) is 4.90 Å². The largest absolute Gasteiger partial charge is 0.507 e. The minimum atomic E-state index is -0.699. The number of carbonyl (C=O) groups excluding carboxylic acids is 2. The molecule has 2 heterocycles. The van der Waals surface area contributed by atoms with Crippen LogP contribution >= 0.6 is 11.6 Å². The summed E-state index contributed by atoms with van der Waals surface area (Å²) >= 11 is 6.06. The standard InChI is InChI=1S/C24H25ClN2O5/c1-31-19-8-4-17(5-9-19)22(28)20-21(16-2-6-18(25)7-3-16)27(24(30)23(20)29)11-10-26-12-14-32-15-13-26/h2-9,21,28H,10-15H2,1H3/b22-20+/t21-/m1/s1. The highest BCUT2D eigenvalue weighted by molar-refractivity contribution is 6.46. The highest BCUT2D eigenvalue weighted by Gasteiger charge is 2.46. The van der Waals surface area contributed by atoms with E-state index in [9.17, 15) is 14.7 Å². The molecule has 0 radical (unpaired) electrons. The molecule has 1 amide bonds. The van der Waals surface area contributed by atoms with E-state index in [0.29, 0.717) is 48.2 Å². The van der Waals surface area contributed by atoms with Gasteiger partial charge in [-0.1, -0.05) is 23.7 Å². The summed E-state index contributed by atoms with van der Waals surface area (Å²) in [5.74, 6) is -0.893. The van der Waals surface area contributed by atoms with Crippen LogP contribution in [0.4, 0.5) is 0 Å². The first-order valence-corrected chi connectivity index (χ1v) is 10.9. The van der Waals surface area contributed by atoms with E-state index in [1.165, 1.54) is 4.90 Å². The van der Waals surface area contributed by atoms with Gasteiger partial charge < -0.3 is 19.5 Å². The number of aliphatic hydroxyl groups excluding tert-OH is 1. The first-order valence-electron chi connectivity index (χ1n) is 10.5. The molecular weight excluding hydrogens is 432 g/mol. The van der Waals surface area contributed by atoms with Gasteiger partial charge in [-0.2, -0.15) is 0 Å². The number of hydrogen-bond acceptors (Lipinski definition) is 6. The van der Waals surface area contributed by atoms with Crippen molar-refractivity contribution in [2.75, 3.05) is 46.5 Å². The molecule has 1 atom stereocenters. The van der Waals surface area contributed by atoms with Gasteiger partial charge in [0.2, 0.25) is 0 Å². The van der Waals surface area contributed by atoms with Crippen molar-refractivity contribution >= 4 is 29.1 Å². The lowest BCUT2D eigenvalue weighted by Gasteiger charge is -2.31. The van der Waals surface area contributed by atoms with E-state index in [1.807, 2.05) is 0 Å². The van der Waals surface area contributed by atoms with Crippen LogP contribution in [0, 0.1) is 0 Å². The maximum atomic E-state index is 13.1.